The topological polar surface area (TPSA) is 70.7 Å². The Balaban J connectivity index is 0.00000187. The summed E-state index contributed by atoms with van der Waals surface area (Å²) in [5.74, 6) is 0.498. The van der Waals surface area contributed by atoms with E-state index in [1.165, 1.54) is 0 Å². The lowest BCUT2D eigenvalue weighted by Crippen LogP contribution is -2.52. The van der Waals surface area contributed by atoms with E-state index >= 15 is 0 Å². The summed E-state index contributed by atoms with van der Waals surface area (Å²) in [7, 11) is 0. The molecule has 6 heteroatoms. The molecule has 0 saturated heterocycles. The van der Waals surface area contributed by atoms with Gasteiger partial charge < -0.3 is 20.3 Å². The van der Waals surface area contributed by atoms with E-state index in [2.05, 4.69) is 29.7 Å². The van der Waals surface area contributed by atoms with E-state index in [-0.39, 0.29) is 30.5 Å². The van der Waals surface area contributed by atoms with Crippen molar-refractivity contribution in [2.75, 3.05) is 13.2 Å². The molecule has 1 heterocycles. The third kappa shape index (κ3) is 7.46. The fraction of sp³-hybridized carbons (Fsp3) is 0.556. The zero-order chi connectivity index (χ0) is 24.2. The van der Waals surface area contributed by atoms with Crippen molar-refractivity contribution in [2.45, 2.75) is 85.0 Å². The molecule has 3 rings (SSSR count). The van der Waals surface area contributed by atoms with E-state index < -0.39 is 6.04 Å². The maximum Gasteiger partial charge on any atom is 0.261 e. The molecule has 0 bridgehead atoms. The maximum atomic E-state index is 13.5. The summed E-state index contributed by atoms with van der Waals surface area (Å²) < 4.78 is 6.05. The predicted octanol–water partition coefficient (Wildman–Crippen LogP) is 4.33. The van der Waals surface area contributed by atoms with Crippen molar-refractivity contribution in [1.82, 2.24) is 15.5 Å². The third-order valence-corrected chi connectivity index (χ3v) is 5.96. The minimum absolute atomic E-state index is 0.0392. The van der Waals surface area contributed by atoms with Gasteiger partial charge in [0.15, 0.2) is 6.61 Å². The highest BCUT2D eigenvalue weighted by molar-refractivity contribution is 5.91. The van der Waals surface area contributed by atoms with Gasteiger partial charge in [-0.25, -0.2) is 0 Å². The first-order chi connectivity index (χ1) is 16.0. The highest BCUT2D eigenvalue weighted by Gasteiger charge is 2.38. The smallest absolute Gasteiger partial charge is 0.261 e. The van der Waals surface area contributed by atoms with Crippen LogP contribution in [0.2, 0.25) is 0 Å². The number of nitrogens with one attached hydrogen (secondary N) is 2. The van der Waals surface area contributed by atoms with E-state index in [0.29, 0.717) is 19.4 Å². The standard InChI is InChI=1S/C25H35N3O3.C2H6/c1-4-18(3)27-25(30)24-21-14-10-9-13-20(26-5-2)15-22(21)31-17-23(29)28(24)16-19-11-7-6-8-12-19;1-2/h6-9,11-13,18,20,24,26H,4-5,10,14-17H2,1-3H3,(H,27,30);1-2H3/b13-9-;. The van der Waals surface area contributed by atoms with Crippen LogP contribution in [0, 0.1) is 0 Å². The van der Waals surface area contributed by atoms with Crippen LogP contribution in [0.25, 0.3) is 0 Å². The van der Waals surface area contributed by atoms with Crippen LogP contribution in [-0.2, 0) is 20.9 Å². The van der Waals surface area contributed by atoms with E-state index in [4.69, 9.17) is 4.74 Å². The van der Waals surface area contributed by atoms with Crippen molar-refractivity contribution in [3.63, 3.8) is 0 Å². The summed E-state index contributed by atoms with van der Waals surface area (Å²) in [5.41, 5.74) is 1.92. The first-order valence-electron chi connectivity index (χ1n) is 12.4. The number of benzene rings is 1. The summed E-state index contributed by atoms with van der Waals surface area (Å²) in [6, 6.07) is 9.34. The van der Waals surface area contributed by atoms with Crippen LogP contribution in [0.15, 0.2) is 53.8 Å². The lowest BCUT2D eigenvalue weighted by atomic mass is 9.92. The van der Waals surface area contributed by atoms with Crippen molar-refractivity contribution < 1.29 is 14.3 Å². The molecule has 182 valence electrons. The quantitative estimate of drug-likeness (QED) is 0.601. The Bertz CT molecular complexity index is 819. The Morgan fingerprint density at radius 3 is 2.61 bits per heavy atom. The molecule has 33 heavy (non-hydrogen) atoms. The molecule has 3 atom stereocenters. The third-order valence-electron chi connectivity index (χ3n) is 5.96. The average molecular weight is 456 g/mol. The zero-order valence-corrected chi connectivity index (χ0v) is 20.9. The van der Waals surface area contributed by atoms with Gasteiger partial charge in [0.05, 0.1) is 0 Å². The lowest BCUT2D eigenvalue weighted by molar-refractivity contribution is -0.141. The zero-order valence-electron chi connectivity index (χ0n) is 20.9. The van der Waals surface area contributed by atoms with Crippen LogP contribution >= 0.6 is 0 Å². The minimum Gasteiger partial charge on any atom is -0.488 e. The number of carbonyl (C=O) groups excluding carboxylic acids is 2. The predicted molar refractivity (Wildman–Crippen MR) is 133 cm³/mol. The number of nitrogens with zero attached hydrogens (tertiary/aromatic N) is 1. The Morgan fingerprint density at radius 2 is 1.94 bits per heavy atom. The number of hydrogen-bond donors (Lipinski definition) is 2. The second-order valence-electron chi connectivity index (χ2n) is 8.30. The molecule has 1 aromatic rings. The molecule has 3 unspecified atom stereocenters. The van der Waals surface area contributed by atoms with Crippen molar-refractivity contribution in [2.24, 2.45) is 0 Å². The maximum absolute atomic E-state index is 13.5. The van der Waals surface area contributed by atoms with Gasteiger partial charge in [-0.3, -0.25) is 9.59 Å². The molecule has 2 N–H and O–H groups in total. The molecule has 1 aromatic carbocycles. The minimum atomic E-state index is -0.659. The number of ether oxygens (including phenoxy) is 1. The fourth-order valence-electron chi connectivity index (χ4n) is 4.13. The summed E-state index contributed by atoms with van der Waals surface area (Å²) in [4.78, 5) is 28.4. The van der Waals surface area contributed by atoms with E-state index in [9.17, 15) is 9.59 Å². The highest BCUT2D eigenvalue weighted by Crippen LogP contribution is 2.30. The number of likely N-dealkylation sites (N-methyl/N-ethyl adjacent to an activating group) is 1. The molecular formula is C27H41N3O3. The number of hydrogen-bond acceptors (Lipinski definition) is 4. The summed E-state index contributed by atoms with van der Waals surface area (Å²) in [6.45, 7) is 11.3. The fourth-order valence-corrected chi connectivity index (χ4v) is 4.13. The molecule has 0 spiro atoms. The number of allylic oxidation sites excluding steroid dienone is 1. The molecule has 1 aliphatic carbocycles. The van der Waals surface area contributed by atoms with Crippen LogP contribution in [0.4, 0.5) is 0 Å². The Labute approximate surface area is 199 Å². The van der Waals surface area contributed by atoms with Gasteiger partial charge >= 0.3 is 0 Å². The van der Waals surface area contributed by atoms with E-state index in [1.807, 2.05) is 58.0 Å². The molecule has 0 aromatic heterocycles. The second kappa shape index (κ2) is 13.8. The van der Waals surface area contributed by atoms with Crippen LogP contribution in [0.1, 0.15) is 65.9 Å². The van der Waals surface area contributed by atoms with Gasteiger partial charge in [-0.05, 0) is 43.9 Å². The molecule has 2 aliphatic rings. The lowest BCUT2D eigenvalue weighted by Gasteiger charge is -2.32. The number of carbonyl (C=O) groups is 2. The monoisotopic (exact) mass is 455 g/mol. The van der Waals surface area contributed by atoms with Crippen LogP contribution < -0.4 is 10.6 Å². The first-order valence-corrected chi connectivity index (χ1v) is 12.4. The summed E-state index contributed by atoms with van der Waals surface area (Å²) >= 11 is 0. The Morgan fingerprint density at radius 1 is 1.21 bits per heavy atom. The average Bonchev–Trinajstić information content (AvgIpc) is 2.94. The normalized spacial score (nSPS) is 22.5. The molecule has 2 amide bonds. The van der Waals surface area contributed by atoms with Crippen molar-refractivity contribution >= 4 is 11.8 Å². The highest BCUT2D eigenvalue weighted by atomic mass is 16.5. The van der Waals surface area contributed by atoms with Gasteiger partial charge in [0.25, 0.3) is 5.91 Å². The van der Waals surface area contributed by atoms with Gasteiger partial charge in [-0.1, -0.05) is 70.2 Å². The molecule has 6 nitrogen and oxygen atoms in total. The first kappa shape index (κ1) is 26.7. The summed E-state index contributed by atoms with van der Waals surface area (Å²) in [5, 5.41) is 6.57. The Kier molecular flexibility index (Phi) is 11.2. The van der Waals surface area contributed by atoms with E-state index in [1.54, 1.807) is 4.90 Å². The Hall–Kier alpha value is -2.60. The largest absolute Gasteiger partial charge is 0.488 e. The number of rotatable bonds is 7. The SMILES string of the molecule is CC.CCNC1/C=C\CCC2=C(C1)OCC(=O)N(Cc1ccccc1)C2C(=O)NC(C)CC. The van der Waals surface area contributed by atoms with Crippen molar-refractivity contribution in [3.8, 4) is 0 Å². The molecular weight excluding hydrogens is 414 g/mol. The van der Waals surface area contributed by atoms with Crippen LogP contribution in [-0.4, -0.2) is 48.0 Å². The van der Waals surface area contributed by atoms with Gasteiger partial charge in [-0.2, -0.15) is 0 Å². The van der Waals surface area contributed by atoms with Gasteiger partial charge in [-0.15, -0.1) is 0 Å². The van der Waals surface area contributed by atoms with Gasteiger partial charge in [0.1, 0.15) is 11.8 Å². The molecule has 1 aliphatic heterocycles. The van der Waals surface area contributed by atoms with Gasteiger partial charge in [0, 0.05) is 25.0 Å². The summed E-state index contributed by atoms with van der Waals surface area (Å²) in [6.07, 6.45) is 7.30. The second-order valence-corrected chi connectivity index (χ2v) is 8.30. The molecule has 0 saturated carbocycles. The van der Waals surface area contributed by atoms with Crippen molar-refractivity contribution in [1.29, 1.82) is 0 Å². The number of amides is 2. The van der Waals surface area contributed by atoms with Crippen LogP contribution in [0.5, 0.6) is 0 Å². The molecule has 0 fully saturated rings. The van der Waals surface area contributed by atoms with Crippen molar-refractivity contribution in [3.05, 3.63) is 59.4 Å². The van der Waals surface area contributed by atoms with Gasteiger partial charge in [0.2, 0.25) is 5.91 Å². The molecule has 0 radical (unpaired) electrons. The van der Waals surface area contributed by atoms with Crippen LogP contribution in [0.3, 0.4) is 0 Å². The van der Waals surface area contributed by atoms with E-state index in [0.717, 1.165) is 36.3 Å².